The van der Waals surface area contributed by atoms with Crippen molar-refractivity contribution in [1.29, 1.82) is 0 Å². The van der Waals surface area contributed by atoms with Crippen LogP contribution < -0.4 is 5.32 Å². The van der Waals surface area contributed by atoms with E-state index in [9.17, 15) is 9.59 Å². The zero-order valence-electron chi connectivity index (χ0n) is 14.7. The first-order valence-electron chi connectivity index (χ1n) is 8.71. The molecule has 2 aromatic rings. The second kappa shape index (κ2) is 9.01. The Kier molecular flexibility index (Phi) is 6.74. The third kappa shape index (κ3) is 5.17. The summed E-state index contributed by atoms with van der Waals surface area (Å²) in [7, 11) is 0. The molecular formula is C19H25N3O3. The third-order valence-electron chi connectivity index (χ3n) is 4.22. The maximum Gasteiger partial charge on any atom is 0.356 e. The Morgan fingerprint density at radius 2 is 2.08 bits per heavy atom. The number of nitrogens with one attached hydrogen (secondary N) is 1. The smallest absolute Gasteiger partial charge is 0.356 e. The van der Waals surface area contributed by atoms with Crippen molar-refractivity contribution in [3.05, 3.63) is 47.8 Å². The van der Waals surface area contributed by atoms with Crippen molar-refractivity contribution in [3.8, 4) is 5.69 Å². The van der Waals surface area contributed by atoms with Gasteiger partial charge in [0.1, 0.15) is 0 Å². The number of carbonyl (C=O) groups is 2. The monoisotopic (exact) mass is 343 g/mol. The molecule has 0 saturated heterocycles. The van der Waals surface area contributed by atoms with E-state index in [1.54, 1.807) is 6.20 Å². The standard InChI is InChI=1S/C19H25N3O3/c1-3-5-8-15(4-2)18(23)20-13-14-7-6-9-16(12-14)22-11-10-17(21-22)19(24)25/h6-7,9-12,15H,3-5,8,13H2,1-2H3,(H,20,23)(H,24,25). The molecule has 0 fully saturated rings. The molecule has 25 heavy (non-hydrogen) atoms. The van der Waals surface area contributed by atoms with Crippen LogP contribution in [0.4, 0.5) is 0 Å². The highest BCUT2D eigenvalue weighted by molar-refractivity contribution is 5.85. The molecule has 134 valence electrons. The summed E-state index contributed by atoms with van der Waals surface area (Å²) in [5, 5.41) is 16.0. The molecule has 0 spiro atoms. The van der Waals surface area contributed by atoms with E-state index in [-0.39, 0.29) is 17.5 Å². The number of carboxylic acids is 1. The fourth-order valence-corrected chi connectivity index (χ4v) is 2.70. The number of unbranched alkanes of at least 4 members (excludes halogenated alkanes) is 1. The van der Waals surface area contributed by atoms with Crippen LogP contribution in [0.15, 0.2) is 36.5 Å². The predicted octanol–water partition coefficient (Wildman–Crippen LogP) is 3.40. The molecule has 0 aliphatic heterocycles. The number of hydrogen-bond acceptors (Lipinski definition) is 3. The van der Waals surface area contributed by atoms with Crippen LogP contribution in [0.25, 0.3) is 5.69 Å². The minimum Gasteiger partial charge on any atom is -0.476 e. The lowest BCUT2D eigenvalue weighted by Crippen LogP contribution is -2.30. The highest BCUT2D eigenvalue weighted by Gasteiger charge is 2.15. The maximum absolute atomic E-state index is 12.3. The van der Waals surface area contributed by atoms with E-state index < -0.39 is 5.97 Å². The van der Waals surface area contributed by atoms with Crippen LogP contribution in [0.3, 0.4) is 0 Å². The molecule has 0 saturated carbocycles. The number of carbonyl (C=O) groups excluding carboxylic acids is 1. The maximum atomic E-state index is 12.3. The average Bonchev–Trinajstić information content (AvgIpc) is 3.11. The SMILES string of the molecule is CCCCC(CC)C(=O)NCc1cccc(-n2ccc(C(=O)O)n2)c1. The zero-order chi connectivity index (χ0) is 18.2. The molecule has 0 bridgehead atoms. The number of aromatic carboxylic acids is 1. The van der Waals surface area contributed by atoms with E-state index in [0.717, 1.165) is 36.9 Å². The summed E-state index contributed by atoms with van der Waals surface area (Å²) in [4.78, 5) is 23.2. The molecule has 1 aromatic heterocycles. The van der Waals surface area contributed by atoms with Gasteiger partial charge in [0, 0.05) is 18.7 Å². The van der Waals surface area contributed by atoms with E-state index >= 15 is 0 Å². The molecule has 6 nitrogen and oxygen atoms in total. The molecule has 0 radical (unpaired) electrons. The van der Waals surface area contributed by atoms with Crippen molar-refractivity contribution in [2.75, 3.05) is 0 Å². The van der Waals surface area contributed by atoms with Crippen LogP contribution in [0, 0.1) is 5.92 Å². The van der Waals surface area contributed by atoms with Crippen molar-refractivity contribution in [3.63, 3.8) is 0 Å². The number of amides is 1. The second-order valence-electron chi connectivity index (χ2n) is 6.09. The van der Waals surface area contributed by atoms with Gasteiger partial charge in [-0.1, -0.05) is 38.8 Å². The van der Waals surface area contributed by atoms with Crippen molar-refractivity contribution in [2.24, 2.45) is 5.92 Å². The predicted molar refractivity (Wildman–Crippen MR) is 95.7 cm³/mol. The van der Waals surface area contributed by atoms with Gasteiger partial charge < -0.3 is 10.4 Å². The Labute approximate surface area is 147 Å². The first-order chi connectivity index (χ1) is 12.0. The molecule has 1 unspecified atom stereocenters. The average molecular weight is 343 g/mol. The molecular weight excluding hydrogens is 318 g/mol. The molecule has 2 rings (SSSR count). The summed E-state index contributed by atoms with van der Waals surface area (Å²) in [5.41, 5.74) is 1.71. The minimum absolute atomic E-state index is 0.000387. The van der Waals surface area contributed by atoms with Crippen LogP contribution in [0.5, 0.6) is 0 Å². The quantitative estimate of drug-likeness (QED) is 0.731. The second-order valence-corrected chi connectivity index (χ2v) is 6.09. The molecule has 2 N–H and O–H groups in total. The Morgan fingerprint density at radius 1 is 1.28 bits per heavy atom. The lowest BCUT2D eigenvalue weighted by Gasteiger charge is -2.15. The van der Waals surface area contributed by atoms with Crippen molar-refractivity contribution < 1.29 is 14.7 Å². The van der Waals surface area contributed by atoms with Gasteiger partial charge in [-0.3, -0.25) is 4.79 Å². The molecule has 1 amide bonds. The number of benzene rings is 1. The summed E-state index contributed by atoms with van der Waals surface area (Å²) in [6.45, 7) is 4.61. The van der Waals surface area contributed by atoms with Crippen LogP contribution >= 0.6 is 0 Å². The van der Waals surface area contributed by atoms with E-state index in [2.05, 4.69) is 17.3 Å². The molecule has 1 heterocycles. The van der Waals surface area contributed by atoms with Crippen LogP contribution in [0.1, 0.15) is 55.6 Å². The first kappa shape index (κ1) is 18.7. The molecule has 0 aliphatic rings. The zero-order valence-corrected chi connectivity index (χ0v) is 14.7. The summed E-state index contributed by atoms with van der Waals surface area (Å²) < 4.78 is 1.52. The fourth-order valence-electron chi connectivity index (χ4n) is 2.70. The summed E-state index contributed by atoms with van der Waals surface area (Å²) in [6, 6.07) is 8.99. The van der Waals surface area contributed by atoms with Gasteiger partial charge in [-0.2, -0.15) is 5.10 Å². The number of carboxylic acid groups (broad SMARTS) is 1. The van der Waals surface area contributed by atoms with Crippen molar-refractivity contribution >= 4 is 11.9 Å². The Hall–Kier alpha value is -2.63. The molecule has 1 atom stereocenters. The van der Waals surface area contributed by atoms with E-state index in [1.807, 2.05) is 31.2 Å². The van der Waals surface area contributed by atoms with E-state index in [4.69, 9.17) is 5.11 Å². The highest BCUT2D eigenvalue weighted by atomic mass is 16.4. The normalized spacial score (nSPS) is 11.9. The van der Waals surface area contributed by atoms with E-state index in [1.165, 1.54) is 10.7 Å². The molecule has 1 aromatic carbocycles. The Morgan fingerprint density at radius 3 is 2.72 bits per heavy atom. The summed E-state index contributed by atoms with van der Waals surface area (Å²) >= 11 is 0. The van der Waals surface area contributed by atoms with Gasteiger partial charge in [-0.25, -0.2) is 9.48 Å². The van der Waals surface area contributed by atoms with Gasteiger partial charge in [0.05, 0.1) is 5.69 Å². The molecule has 6 heteroatoms. The van der Waals surface area contributed by atoms with Crippen molar-refractivity contribution in [1.82, 2.24) is 15.1 Å². The number of aromatic nitrogens is 2. The van der Waals surface area contributed by atoms with Gasteiger partial charge in [-0.05, 0) is 36.6 Å². The Bertz CT molecular complexity index is 724. The summed E-state index contributed by atoms with van der Waals surface area (Å²) in [6.07, 6.45) is 5.53. The van der Waals surface area contributed by atoms with Crippen molar-refractivity contribution in [2.45, 2.75) is 46.1 Å². The highest BCUT2D eigenvalue weighted by Crippen LogP contribution is 2.14. The third-order valence-corrected chi connectivity index (χ3v) is 4.22. The van der Waals surface area contributed by atoms with Gasteiger partial charge in [0.15, 0.2) is 5.69 Å². The lowest BCUT2D eigenvalue weighted by molar-refractivity contribution is -0.125. The fraction of sp³-hybridized carbons (Fsp3) is 0.421. The van der Waals surface area contributed by atoms with Gasteiger partial charge in [0.2, 0.25) is 5.91 Å². The Balaban J connectivity index is 2.01. The lowest BCUT2D eigenvalue weighted by atomic mass is 9.98. The van der Waals surface area contributed by atoms with Crippen LogP contribution in [-0.2, 0) is 11.3 Å². The van der Waals surface area contributed by atoms with Gasteiger partial charge in [-0.15, -0.1) is 0 Å². The van der Waals surface area contributed by atoms with Gasteiger partial charge in [0.25, 0.3) is 0 Å². The molecule has 0 aliphatic carbocycles. The van der Waals surface area contributed by atoms with E-state index in [0.29, 0.717) is 6.54 Å². The summed E-state index contributed by atoms with van der Waals surface area (Å²) in [5.74, 6) is -0.902. The minimum atomic E-state index is -1.06. The largest absolute Gasteiger partial charge is 0.476 e. The van der Waals surface area contributed by atoms with Gasteiger partial charge >= 0.3 is 5.97 Å². The number of hydrogen-bond donors (Lipinski definition) is 2. The van der Waals surface area contributed by atoms with Crippen LogP contribution in [0.2, 0.25) is 0 Å². The number of rotatable bonds is 9. The first-order valence-corrected chi connectivity index (χ1v) is 8.71. The van der Waals surface area contributed by atoms with Crippen LogP contribution in [-0.4, -0.2) is 26.8 Å². The topological polar surface area (TPSA) is 84.2 Å². The number of nitrogens with zero attached hydrogens (tertiary/aromatic N) is 2.